The maximum Gasteiger partial charge on any atom is 0.407 e. The van der Waals surface area contributed by atoms with Crippen molar-refractivity contribution in [2.24, 2.45) is 0 Å². The van der Waals surface area contributed by atoms with Gasteiger partial charge in [-0.15, -0.1) is 0 Å². The van der Waals surface area contributed by atoms with Crippen molar-refractivity contribution >= 4 is 32.9 Å². The molecule has 3 rings (SSSR count). The summed E-state index contributed by atoms with van der Waals surface area (Å²) < 4.78 is 20.3. The summed E-state index contributed by atoms with van der Waals surface area (Å²) in [5, 5.41) is 3.22. The Kier molecular flexibility index (Phi) is 6.63. The van der Waals surface area contributed by atoms with Crippen LogP contribution in [0.3, 0.4) is 0 Å². The number of nitrogens with one attached hydrogen (secondary N) is 2. The van der Waals surface area contributed by atoms with Crippen LogP contribution in [0.4, 0.5) is 9.18 Å². The standard InChI is InChI=1S/C21H27BrFN3O3/c1-21(2,3)25-20(28)29-15-5-8-26(9-6-15)7-4-13-10-16-17(23)11-14(22)12-18(16)24-19(13)27/h10-12,15H,4-9H2,1-3H3,(H,24,27)(H,25,28). The van der Waals surface area contributed by atoms with Crippen molar-refractivity contribution in [2.75, 3.05) is 19.6 Å². The molecule has 1 aliphatic heterocycles. The van der Waals surface area contributed by atoms with Gasteiger partial charge in [0.15, 0.2) is 0 Å². The molecule has 0 aliphatic carbocycles. The first-order chi connectivity index (χ1) is 13.6. The van der Waals surface area contributed by atoms with E-state index in [0.717, 1.165) is 25.9 Å². The van der Waals surface area contributed by atoms with Crippen molar-refractivity contribution in [1.29, 1.82) is 0 Å². The smallest absolute Gasteiger partial charge is 0.407 e. The third-order valence-corrected chi connectivity index (χ3v) is 5.39. The van der Waals surface area contributed by atoms with E-state index in [2.05, 4.69) is 31.1 Å². The highest BCUT2D eigenvalue weighted by atomic mass is 79.9. The Morgan fingerprint density at radius 1 is 1.31 bits per heavy atom. The van der Waals surface area contributed by atoms with Crippen molar-refractivity contribution in [2.45, 2.75) is 51.7 Å². The number of piperidine rings is 1. The zero-order valence-corrected chi connectivity index (χ0v) is 18.6. The molecule has 158 valence electrons. The zero-order chi connectivity index (χ0) is 21.2. The van der Waals surface area contributed by atoms with Crippen LogP contribution in [0.15, 0.2) is 27.5 Å². The first kappa shape index (κ1) is 21.8. The van der Waals surface area contributed by atoms with Crippen molar-refractivity contribution < 1.29 is 13.9 Å². The molecule has 1 amide bonds. The van der Waals surface area contributed by atoms with Crippen molar-refractivity contribution in [3.05, 3.63) is 44.4 Å². The Morgan fingerprint density at radius 3 is 2.66 bits per heavy atom. The quantitative estimate of drug-likeness (QED) is 0.713. The Hall–Kier alpha value is -1.93. The fraction of sp³-hybridized carbons (Fsp3) is 0.524. The largest absolute Gasteiger partial charge is 0.446 e. The molecule has 1 aliphatic rings. The van der Waals surface area contributed by atoms with Gasteiger partial charge in [-0.2, -0.15) is 0 Å². The van der Waals surface area contributed by atoms with E-state index in [0.29, 0.717) is 33.9 Å². The van der Waals surface area contributed by atoms with E-state index in [1.165, 1.54) is 6.07 Å². The lowest BCUT2D eigenvalue weighted by Crippen LogP contribution is -2.44. The van der Waals surface area contributed by atoms with E-state index in [4.69, 9.17) is 4.74 Å². The summed E-state index contributed by atoms with van der Waals surface area (Å²) in [6, 6.07) is 4.73. The third-order valence-electron chi connectivity index (χ3n) is 4.94. The van der Waals surface area contributed by atoms with Crippen LogP contribution in [0, 0.1) is 5.82 Å². The van der Waals surface area contributed by atoms with Crippen LogP contribution in [-0.4, -0.2) is 47.3 Å². The number of alkyl carbamates (subject to hydrolysis) is 1. The third kappa shape index (κ3) is 6.02. The molecule has 1 fully saturated rings. The topological polar surface area (TPSA) is 74.4 Å². The highest BCUT2D eigenvalue weighted by Crippen LogP contribution is 2.22. The molecule has 1 saturated heterocycles. The van der Waals surface area contributed by atoms with Crippen LogP contribution < -0.4 is 10.9 Å². The van der Waals surface area contributed by atoms with E-state index in [-0.39, 0.29) is 29.1 Å². The average Bonchev–Trinajstić information content (AvgIpc) is 2.59. The second-order valence-corrected chi connectivity index (χ2v) is 9.46. The number of hydrogen-bond donors (Lipinski definition) is 2. The van der Waals surface area contributed by atoms with E-state index < -0.39 is 0 Å². The first-order valence-electron chi connectivity index (χ1n) is 9.83. The molecule has 1 aromatic carbocycles. The molecular formula is C21H27BrFN3O3. The second kappa shape index (κ2) is 8.83. The molecule has 8 heteroatoms. The van der Waals surface area contributed by atoms with E-state index >= 15 is 0 Å². The van der Waals surface area contributed by atoms with Crippen molar-refractivity contribution in [3.8, 4) is 0 Å². The number of amides is 1. The van der Waals surface area contributed by atoms with Gasteiger partial charge in [0.05, 0.1) is 5.52 Å². The van der Waals surface area contributed by atoms with Crippen LogP contribution in [0.5, 0.6) is 0 Å². The minimum Gasteiger partial charge on any atom is -0.446 e. The summed E-state index contributed by atoms with van der Waals surface area (Å²) in [4.78, 5) is 29.2. The van der Waals surface area contributed by atoms with Crippen LogP contribution >= 0.6 is 15.9 Å². The van der Waals surface area contributed by atoms with Gasteiger partial charge in [-0.3, -0.25) is 4.79 Å². The average molecular weight is 468 g/mol. The van der Waals surface area contributed by atoms with Gasteiger partial charge in [0.1, 0.15) is 11.9 Å². The van der Waals surface area contributed by atoms with Crippen LogP contribution in [0.1, 0.15) is 39.2 Å². The van der Waals surface area contributed by atoms with Gasteiger partial charge < -0.3 is 19.9 Å². The molecule has 1 aromatic heterocycles. The predicted octanol–water partition coefficient (Wildman–Crippen LogP) is 3.96. The number of rotatable bonds is 4. The van der Waals surface area contributed by atoms with Crippen LogP contribution in [0.25, 0.3) is 10.9 Å². The monoisotopic (exact) mass is 467 g/mol. The molecule has 0 bridgehead atoms. The fourth-order valence-electron chi connectivity index (χ4n) is 3.48. The van der Waals surface area contributed by atoms with Gasteiger partial charge in [0.25, 0.3) is 5.56 Å². The summed E-state index contributed by atoms with van der Waals surface area (Å²) in [7, 11) is 0. The highest BCUT2D eigenvalue weighted by Gasteiger charge is 2.24. The number of likely N-dealkylation sites (tertiary alicyclic amines) is 1. The van der Waals surface area contributed by atoms with Crippen molar-refractivity contribution in [3.63, 3.8) is 0 Å². The number of carbonyl (C=O) groups is 1. The highest BCUT2D eigenvalue weighted by molar-refractivity contribution is 9.10. The number of ether oxygens (including phenoxy) is 1. The summed E-state index contributed by atoms with van der Waals surface area (Å²) in [6.07, 6.45) is 1.58. The number of hydrogen-bond acceptors (Lipinski definition) is 4. The van der Waals surface area contributed by atoms with E-state index in [9.17, 15) is 14.0 Å². The van der Waals surface area contributed by atoms with Gasteiger partial charge in [-0.1, -0.05) is 15.9 Å². The van der Waals surface area contributed by atoms with Gasteiger partial charge in [0, 0.05) is 40.6 Å². The summed E-state index contributed by atoms with van der Waals surface area (Å²) in [5.74, 6) is -0.363. The molecule has 0 atom stereocenters. The minimum atomic E-state index is -0.382. The normalized spacial score (nSPS) is 16.2. The molecule has 2 heterocycles. The number of H-pyrrole nitrogens is 1. The predicted molar refractivity (Wildman–Crippen MR) is 115 cm³/mol. The molecule has 29 heavy (non-hydrogen) atoms. The Morgan fingerprint density at radius 2 is 2.00 bits per heavy atom. The van der Waals surface area contributed by atoms with Crippen molar-refractivity contribution in [1.82, 2.24) is 15.2 Å². The zero-order valence-electron chi connectivity index (χ0n) is 17.0. The van der Waals surface area contributed by atoms with Crippen LogP contribution in [-0.2, 0) is 11.2 Å². The van der Waals surface area contributed by atoms with Gasteiger partial charge in [-0.05, 0) is 58.2 Å². The number of carbonyl (C=O) groups excluding carboxylic acids is 1. The minimum absolute atomic E-state index is 0.0924. The second-order valence-electron chi connectivity index (χ2n) is 8.54. The molecule has 2 N–H and O–H groups in total. The lowest BCUT2D eigenvalue weighted by atomic mass is 10.1. The summed E-state index contributed by atoms with van der Waals surface area (Å²) >= 11 is 3.24. The molecule has 0 unspecified atom stereocenters. The number of halogens is 2. The number of pyridine rings is 1. The number of aromatic nitrogens is 1. The lowest BCUT2D eigenvalue weighted by molar-refractivity contribution is 0.0475. The molecule has 6 nitrogen and oxygen atoms in total. The van der Waals surface area contributed by atoms with E-state index in [1.807, 2.05) is 20.8 Å². The molecular weight excluding hydrogens is 441 g/mol. The maximum atomic E-state index is 14.2. The Balaban J connectivity index is 1.54. The molecule has 2 aromatic rings. The summed E-state index contributed by atoms with van der Waals surface area (Å²) in [6.45, 7) is 8.02. The molecule has 0 saturated carbocycles. The fourth-order valence-corrected chi connectivity index (χ4v) is 3.91. The molecule has 0 radical (unpaired) electrons. The first-order valence-corrected chi connectivity index (χ1v) is 10.6. The number of benzene rings is 1. The lowest BCUT2D eigenvalue weighted by Gasteiger charge is -2.32. The maximum absolute atomic E-state index is 14.2. The SMILES string of the molecule is CC(C)(C)NC(=O)OC1CCN(CCc2cc3c(F)cc(Br)cc3[nH]c2=O)CC1. The Labute approximate surface area is 177 Å². The van der Waals surface area contributed by atoms with Gasteiger partial charge in [0.2, 0.25) is 0 Å². The van der Waals surface area contributed by atoms with E-state index in [1.54, 1.807) is 12.1 Å². The van der Waals surface area contributed by atoms with Crippen LogP contribution in [0.2, 0.25) is 0 Å². The number of nitrogens with zero attached hydrogens (tertiary/aromatic N) is 1. The van der Waals surface area contributed by atoms with Gasteiger partial charge >= 0.3 is 6.09 Å². The van der Waals surface area contributed by atoms with Gasteiger partial charge in [-0.25, -0.2) is 9.18 Å². The molecule has 0 spiro atoms. The number of fused-ring (bicyclic) bond motifs is 1. The number of aromatic amines is 1. The summed E-state index contributed by atoms with van der Waals surface area (Å²) in [5.41, 5.74) is 0.547. The Bertz CT molecular complexity index is 947.